The van der Waals surface area contributed by atoms with Crippen molar-refractivity contribution in [2.75, 3.05) is 20.3 Å². The van der Waals surface area contributed by atoms with Crippen LogP contribution in [0.1, 0.15) is 5.56 Å². The predicted octanol–water partition coefficient (Wildman–Crippen LogP) is 0.838. The third kappa shape index (κ3) is 5.78. The smallest absolute Gasteiger partial charge is 0.240 e. The summed E-state index contributed by atoms with van der Waals surface area (Å²) in [5, 5.41) is 5.03. The summed E-state index contributed by atoms with van der Waals surface area (Å²) in [6.07, 6.45) is 0. The first-order chi connectivity index (χ1) is 12.2. The van der Waals surface area contributed by atoms with Crippen molar-refractivity contribution in [3.05, 3.63) is 54.1 Å². The SMILES string of the molecule is COCCOc1ccc(CNS(=O)(=O)c2cccc(S(N)(=O)=O)c2)cc1. The highest BCUT2D eigenvalue weighted by Gasteiger charge is 2.17. The Labute approximate surface area is 153 Å². The average molecular weight is 400 g/mol. The molecule has 0 heterocycles. The van der Waals surface area contributed by atoms with Gasteiger partial charge in [-0.1, -0.05) is 18.2 Å². The molecule has 0 bridgehead atoms. The molecule has 2 rings (SSSR count). The number of nitrogens with two attached hydrogens (primary N) is 1. The lowest BCUT2D eigenvalue weighted by Crippen LogP contribution is -2.23. The molecule has 10 heteroatoms. The number of rotatable bonds is 9. The van der Waals surface area contributed by atoms with Gasteiger partial charge in [0.15, 0.2) is 0 Å². The summed E-state index contributed by atoms with van der Waals surface area (Å²) in [6.45, 7) is 0.933. The van der Waals surface area contributed by atoms with E-state index in [2.05, 4.69) is 4.72 Å². The summed E-state index contributed by atoms with van der Waals surface area (Å²) < 4.78 is 60.1. The minimum atomic E-state index is -3.98. The molecular formula is C16H20N2O6S2. The Hall–Kier alpha value is -1.98. The van der Waals surface area contributed by atoms with Gasteiger partial charge in [0, 0.05) is 13.7 Å². The van der Waals surface area contributed by atoms with Crippen LogP contribution >= 0.6 is 0 Å². The Bertz CT molecular complexity index is 941. The molecule has 0 atom stereocenters. The van der Waals surface area contributed by atoms with E-state index in [1.807, 2.05) is 0 Å². The van der Waals surface area contributed by atoms with Crippen molar-refractivity contribution in [1.82, 2.24) is 4.72 Å². The summed E-state index contributed by atoms with van der Waals surface area (Å²) in [5.74, 6) is 0.648. The van der Waals surface area contributed by atoms with Crippen molar-refractivity contribution < 1.29 is 26.3 Å². The average Bonchev–Trinajstić information content (AvgIpc) is 2.61. The first-order valence-corrected chi connectivity index (χ1v) is 10.6. The number of methoxy groups -OCH3 is 1. The van der Waals surface area contributed by atoms with Crippen LogP contribution in [0, 0.1) is 0 Å². The molecule has 0 aromatic heterocycles. The van der Waals surface area contributed by atoms with Crippen molar-refractivity contribution in [1.29, 1.82) is 0 Å². The third-order valence-corrected chi connectivity index (χ3v) is 5.70. The molecule has 142 valence electrons. The second-order valence-electron chi connectivity index (χ2n) is 5.33. The van der Waals surface area contributed by atoms with Gasteiger partial charge in [-0.15, -0.1) is 0 Å². The highest BCUT2D eigenvalue weighted by Crippen LogP contribution is 2.16. The fourth-order valence-corrected chi connectivity index (χ4v) is 3.72. The topological polar surface area (TPSA) is 125 Å². The van der Waals surface area contributed by atoms with E-state index in [1.165, 1.54) is 18.2 Å². The Kier molecular flexibility index (Phi) is 6.73. The van der Waals surface area contributed by atoms with Gasteiger partial charge in [-0.2, -0.15) is 0 Å². The van der Waals surface area contributed by atoms with E-state index in [0.29, 0.717) is 19.0 Å². The normalized spacial score (nSPS) is 12.1. The van der Waals surface area contributed by atoms with Crippen LogP contribution in [-0.4, -0.2) is 37.2 Å². The fraction of sp³-hybridized carbons (Fsp3) is 0.250. The van der Waals surface area contributed by atoms with Gasteiger partial charge in [0.05, 0.1) is 16.4 Å². The lowest BCUT2D eigenvalue weighted by Gasteiger charge is -2.09. The quantitative estimate of drug-likeness (QED) is 0.601. The summed E-state index contributed by atoms with van der Waals surface area (Å²) >= 11 is 0. The zero-order valence-electron chi connectivity index (χ0n) is 14.1. The molecule has 0 saturated heterocycles. The number of ether oxygens (including phenoxy) is 2. The Morgan fingerprint density at radius 1 is 0.962 bits per heavy atom. The Balaban J connectivity index is 2.04. The fourth-order valence-electron chi connectivity index (χ4n) is 2.03. The predicted molar refractivity (Wildman–Crippen MR) is 95.7 cm³/mol. The molecule has 0 spiro atoms. The summed E-state index contributed by atoms with van der Waals surface area (Å²) in [4.78, 5) is -0.443. The number of nitrogens with one attached hydrogen (secondary N) is 1. The van der Waals surface area contributed by atoms with Crippen LogP contribution < -0.4 is 14.6 Å². The van der Waals surface area contributed by atoms with Crippen LogP contribution in [0.25, 0.3) is 0 Å². The Morgan fingerprint density at radius 2 is 1.62 bits per heavy atom. The summed E-state index contributed by atoms with van der Waals surface area (Å²) in [7, 11) is -6.29. The zero-order valence-corrected chi connectivity index (χ0v) is 15.7. The van der Waals surface area contributed by atoms with Gasteiger partial charge in [-0.3, -0.25) is 0 Å². The molecule has 0 radical (unpaired) electrons. The van der Waals surface area contributed by atoms with E-state index in [9.17, 15) is 16.8 Å². The molecule has 2 aromatic rings. The highest BCUT2D eigenvalue weighted by molar-refractivity contribution is 7.90. The first kappa shape index (κ1) is 20.3. The van der Waals surface area contributed by atoms with Crippen LogP contribution in [0.15, 0.2) is 58.3 Å². The van der Waals surface area contributed by atoms with Gasteiger partial charge >= 0.3 is 0 Å². The lowest BCUT2D eigenvalue weighted by atomic mass is 10.2. The second-order valence-corrected chi connectivity index (χ2v) is 8.66. The van der Waals surface area contributed by atoms with E-state index >= 15 is 0 Å². The van der Waals surface area contributed by atoms with E-state index in [0.717, 1.165) is 11.6 Å². The van der Waals surface area contributed by atoms with Crippen LogP contribution in [0.3, 0.4) is 0 Å². The minimum Gasteiger partial charge on any atom is -0.491 e. The molecule has 0 aliphatic rings. The molecule has 0 fully saturated rings. The van der Waals surface area contributed by atoms with Gasteiger partial charge < -0.3 is 9.47 Å². The lowest BCUT2D eigenvalue weighted by molar-refractivity contribution is 0.146. The maximum atomic E-state index is 12.3. The van der Waals surface area contributed by atoms with Gasteiger partial charge in [0.25, 0.3) is 0 Å². The molecule has 26 heavy (non-hydrogen) atoms. The summed E-state index contributed by atoms with van der Waals surface area (Å²) in [5.41, 5.74) is 0.718. The van der Waals surface area contributed by atoms with Crippen molar-refractivity contribution >= 4 is 20.0 Å². The maximum Gasteiger partial charge on any atom is 0.240 e. The van der Waals surface area contributed by atoms with Crippen LogP contribution in [-0.2, 0) is 31.3 Å². The van der Waals surface area contributed by atoms with E-state index < -0.39 is 20.0 Å². The first-order valence-electron chi connectivity index (χ1n) is 7.55. The maximum absolute atomic E-state index is 12.3. The van der Waals surface area contributed by atoms with Gasteiger partial charge in [0.1, 0.15) is 12.4 Å². The van der Waals surface area contributed by atoms with Gasteiger partial charge in [0.2, 0.25) is 20.0 Å². The molecule has 8 nitrogen and oxygen atoms in total. The van der Waals surface area contributed by atoms with Crippen molar-refractivity contribution in [3.63, 3.8) is 0 Å². The van der Waals surface area contributed by atoms with Gasteiger partial charge in [-0.05, 0) is 35.9 Å². The molecule has 0 saturated carbocycles. The molecule has 2 aromatic carbocycles. The number of hydrogen-bond donors (Lipinski definition) is 2. The van der Waals surface area contributed by atoms with Crippen molar-refractivity contribution in [2.45, 2.75) is 16.3 Å². The molecule has 0 unspecified atom stereocenters. The molecular weight excluding hydrogens is 380 g/mol. The van der Waals surface area contributed by atoms with Crippen LogP contribution in [0.4, 0.5) is 0 Å². The minimum absolute atomic E-state index is 0.0420. The third-order valence-electron chi connectivity index (χ3n) is 3.39. The van der Waals surface area contributed by atoms with Crippen LogP contribution in [0.2, 0.25) is 0 Å². The monoisotopic (exact) mass is 400 g/mol. The molecule has 0 aliphatic heterocycles. The summed E-state index contributed by atoms with van der Waals surface area (Å²) in [6, 6.07) is 11.8. The van der Waals surface area contributed by atoms with Crippen molar-refractivity contribution in [3.8, 4) is 5.75 Å². The number of sulfonamides is 2. The highest BCUT2D eigenvalue weighted by atomic mass is 32.2. The number of primary sulfonamides is 1. The van der Waals surface area contributed by atoms with Crippen LogP contribution in [0.5, 0.6) is 5.75 Å². The number of benzene rings is 2. The van der Waals surface area contributed by atoms with Crippen molar-refractivity contribution in [2.24, 2.45) is 5.14 Å². The zero-order chi connectivity index (χ0) is 19.2. The van der Waals surface area contributed by atoms with E-state index in [1.54, 1.807) is 31.4 Å². The Morgan fingerprint density at radius 3 is 2.23 bits per heavy atom. The second kappa shape index (κ2) is 8.60. The van der Waals surface area contributed by atoms with Gasteiger partial charge in [-0.25, -0.2) is 26.7 Å². The van der Waals surface area contributed by atoms with E-state index in [-0.39, 0.29) is 16.3 Å². The molecule has 3 N–H and O–H groups in total. The molecule has 0 amide bonds. The largest absolute Gasteiger partial charge is 0.491 e. The molecule has 0 aliphatic carbocycles. The number of hydrogen-bond acceptors (Lipinski definition) is 6. The van der Waals surface area contributed by atoms with E-state index in [4.69, 9.17) is 14.6 Å². The standard InChI is InChI=1S/C16H20N2O6S2/c1-23-9-10-24-14-7-5-13(6-8-14)12-18-26(21,22)16-4-2-3-15(11-16)25(17,19)20/h2-8,11,18H,9-10,12H2,1H3,(H2,17,19,20).